The highest BCUT2D eigenvalue weighted by Gasteiger charge is 2.35. The molecule has 0 saturated carbocycles. The zero-order chi connectivity index (χ0) is 26.5. The Kier molecular flexibility index (Phi) is 8.31. The van der Waals surface area contributed by atoms with Gasteiger partial charge in [-0.2, -0.15) is 0 Å². The van der Waals surface area contributed by atoms with E-state index < -0.39 is 24.0 Å². The molecule has 2 aromatic rings. The maximum absolute atomic E-state index is 13.3. The van der Waals surface area contributed by atoms with Crippen LogP contribution in [0, 0.1) is 0 Å². The average Bonchev–Trinajstić information content (AvgIpc) is 2.82. The van der Waals surface area contributed by atoms with Crippen LogP contribution >= 0.6 is 0 Å². The van der Waals surface area contributed by atoms with Gasteiger partial charge in [0.25, 0.3) is 0 Å². The molecule has 0 bridgehead atoms. The van der Waals surface area contributed by atoms with Crippen molar-refractivity contribution in [2.24, 2.45) is 0 Å². The van der Waals surface area contributed by atoms with Crippen LogP contribution in [-0.4, -0.2) is 35.0 Å². The standard InChI is InChI=1S/C30H34O7/c1-18(2)35-23-14-8-11-20(15-23)24-17-26(32)37-25-16-21-10-5-4-6-12-22(31)13-7-9-19(3)36-30(34)27(21)29(33)28(24)25/h5,8,10-11,14-16,18-19,24,33H,4,6-7,9,12-13,17H2,1-3H3/b10-5+/t19-,24?/m0/s1. The first-order valence-electron chi connectivity index (χ1n) is 13.0. The topological polar surface area (TPSA) is 99.1 Å². The van der Waals surface area contributed by atoms with Gasteiger partial charge in [-0.05, 0) is 75.8 Å². The first kappa shape index (κ1) is 26.5. The molecule has 0 saturated heterocycles. The predicted molar refractivity (Wildman–Crippen MR) is 139 cm³/mol. The van der Waals surface area contributed by atoms with Gasteiger partial charge in [0.05, 0.1) is 18.6 Å². The van der Waals surface area contributed by atoms with E-state index in [0.717, 1.165) is 5.56 Å². The van der Waals surface area contributed by atoms with E-state index in [1.807, 2.05) is 44.2 Å². The number of carbonyl (C=O) groups is 3. The van der Waals surface area contributed by atoms with Crippen molar-refractivity contribution in [1.29, 1.82) is 0 Å². The summed E-state index contributed by atoms with van der Waals surface area (Å²) in [6.45, 7) is 5.64. The van der Waals surface area contributed by atoms with Gasteiger partial charge in [0.15, 0.2) is 0 Å². The van der Waals surface area contributed by atoms with Gasteiger partial charge in [-0.3, -0.25) is 9.59 Å². The Labute approximate surface area is 217 Å². The molecule has 2 atom stereocenters. The van der Waals surface area contributed by atoms with Gasteiger partial charge in [0.2, 0.25) is 0 Å². The number of Topliss-reactive ketones (excluding diaryl/α,β-unsaturated/α-hetero) is 1. The molecule has 2 aliphatic rings. The van der Waals surface area contributed by atoms with E-state index in [1.54, 1.807) is 19.1 Å². The van der Waals surface area contributed by atoms with Gasteiger partial charge in [0, 0.05) is 24.3 Å². The molecule has 37 heavy (non-hydrogen) atoms. The summed E-state index contributed by atoms with van der Waals surface area (Å²) in [7, 11) is 0. The fourth-order valence-corrected chi connectivity index (χ4v) is 4.88. The fourth-order valence-electron chi connectivity index (χ4n) is 4.88. The summed E-state index contributed by atoms with van der Waals surface area (Å²) < 4.78 is 17.1. The molecule has 7 heteroatoms. The third-order valence-electron chi connectivity index (χ3n) is 6.61. The van der Waals surface area contributed by atoms with Crippen molar-refractivity contribution in [3.63, 3.8) is 0 Å². The number of fused-ring (bicyclic) bond motifs is 2. The Morgan fingerprint density at radius 1 is 1.08 bits per heavy atom. The number of esters is 2. The number of hydrogen-bond acceptors (Lipinski definition) is 7. The molecule has 0 aromatic heterocycles. The number of benzene rings is 2. The number of phenols is 1. The lowest BCUT2D eigenvalue weighted by molar-refractivity contribution is -0.135. The third-order valence-corrected chi connectivity index (χ3v) is 6.61. The van der Waals surface area contributed by atoms with Crippen molar-refractivity contribution in [3.05, 3.63) is 58.7 Å². The number of ketones is 1. The summed E-state index contributed by atoms with van der Waals surface area (Å²) in [6, 6.07) is 9.01. The van der Waals surface area contributed by atoms with Crippen LogP contribution in [0.15, 0.2) is 36.4 Å². The molecule has 0 radical (unpaired) electrons. The van der Waals surface area contributed by atoms with E-state index in [1.165, 1.54) is 0 Å². The molecule has 4 rings (SSSR count). The van der Waals surface area contributed by atoms with E-state index in [4.69, 9.17) is 14.2 Å². The molecular formula is C30H34O7. The second-order valence-corrected chi connectivity index (χ2v) is 10.0. The van der Waals surface area contributed by atoms with Gasteiger partial charge in [-0.25, -0.2) is 4.79 Å². The quantitative estimate of drug-likeness (QED) is 0.396. The lowest BCUT2D eigenvalue weighted by Gasteiger charge is -2.28. The number of phenolic OH excluding ortho intramolecular Hbond substituents is 1. The van der Waals surface area contributed by atoms with Crippen molar-refractivity contribution >= 4 is 23.8 Å². The van der Waals surface area contributed by atoms with Crippen LogP contribution in [0.4, 0.5) is 0 Å². The maximum Gasteiger partial charge on any atom is 0.342 e. The number of hydrogen-bond donors (Lipinski definition) is 1. The normalized spacial score (nSPS) is 21.8. The highest BCUT2D eigenvalue weighted by atomic mass is 16.5. The second kappa shape index (κ2) is 11.6. The molecule has 1 unspecified atom stereocenters. The van der Waals surface area contributed by atoms with Crippen LogP contribution < -0.4 is 9.47 Å². The zero-order valence-corrected chi connectivity index (χ0v) is 21.6. The van der Waals surface area contributed by atoms with Crippen molar-refractivity contribution < 1.29 is 33.7 Å². The first-order chi connectivity index (χ1) is 17.7. The first-order valence-corrected chi connectivity index (χ1v) is 13.0. The molecular weight excluding hydrogens is 472 g/mol. The highest BCUT2D eigenvalue weighted by Crippen LogP contribution is 2.47. The summed E-state index contributed by atoms with van der Waals surface area (Å²) in [4.78, 5) is 38.0. The number of ether oxygens (including phenoxy) is 3. The molecule has 0 fully saturated rings. The molecule has 1 N–H and O–H groups in total. The van der Waals surface area contributed by atoms with Crippen LogP contribution in [0.1, 0.15) is 98.7 Å². The van der Waals surface area contributed by atoms with Crippen LogP contribution in [0.3, 0.4) is 0 Å². The lowest BCUT2D eigenvalue weighted by Crippen LogP contribution is -2.23. The predicted octanol–water partition coefficient (Wildman–Crippen LogP) is 6.10. The van der Waals surface area contributed by atoms with Gasteiger partial charge in [-0.15, -0.1) is 0 Å². The summed E-state index contributed by atoms with van der Waals surface area (Å²) in [5.41, 5.74) is 1.61. The number of allylic oxidation sites excluding steroid dienone is 1. The molecule has 2 aliphatic heterocycles. The number of rotatable bonds is 3. The van der Waals surface area contributed by atoms with Crippen molar-refractivity contribution in [2.75, 3.05) is 0 Å². The minimum atomic E-state index is -0.650. The molecule has 7 nitrogen and oxygen atoms in total. The summed E-state index contributed by atoms with van der Waals surface area (Å²) >= 11 is 0. The molecule has 0 spiro atoms. The van der Waals surface area contributed by atoms with Gasteiger partial charge in [0.1, 0.15) is 28.6 Å². The number of cyclic esters (lactones) is 1. The Morgan fingerprint density at radius 3 is 2.65 bits per heavy atom. The minimum Gasteiger partial charge on any atom is -0.507 e. The van der Waals surface area contributed by atoms with E-state index in [9.17, 15) is 19.5 Å². The van der Waals surface area contributed by atoms with Gasteiger partial charge < -0.3 is 19.3 Å². The monoisotopic (exact) mass is 506 g/mol. The van der Waals surface area contributed by atoms with Crippen LogP contribution in [0.2, 0.25) is 0 Å². The molecule has 2 aromatic carbocycles. The molecule has 0 aliphatic carbocycles. The Morgan fingerprint density at radius 2 is 1.86 bits per heavy atom. The number of carbonyl (C=O) groups excluding carboxylic acids is 3. The lowest BCUT2D eigenvalue weighted by atomic mass is 9.83. The van der Waals surface area contributed by atoms with Crippen LogP contribution in [-0.2, 0) is 14.3 Å². The smallest absolute Gasteiger partial charge is 0.342 e. The maximum atomic E-state index is 13.3. The highest BCUT2D eigenvalue weighted by molar-refractivity contribution is 5.98. The third kappa shape index (κ3) is 6.40. The van der Waals surface area contributed by atoms with E-state index in [2.05, 4.69) is 0 Å². The van der Waals surface area contributed by atoms with Crippen LogP contribution in [0.5, 0.6) is 17.2 Å². The average molecular weight is 507 g/mol. The van der Waals surface area contributed by atoms with Crippen molar-refractivity contribution in [1.82, 2.24) is 0 Å². The minimum absolute atomic E-state index is 0.0137. The second-order valence-electron chi connectivity index (χ2n) is 10.0. The summed E-state index contributed by atoms with van der Waals surface area (Å²) in [5, 5.41) is 11.5. The molecule has 196 valence electrons. The molecule has 0 amide bonds. The fraction of sp³-hybridized carbons (Fsp3) is 0.433. The Balaban J connectivity index is 1.80. The molecule has 2 heterocycles. The largest absolute Gasteiger partial charge is 0.507 e. The number of aromatic hydroxyl groups is 1. The van der Waals surface area contributed by atoms with Gasteiger partial charge >= 0.3 is 11.9 Å². The Hall–Kier alpha value is -3.61. The van der Waals surface area contributed by atoms with Gasteiger partial charge in [-0.1, -0.05) is 24.3 Å². The Bertz CT molecular complexity index is 1210. The summed E-state index contributed by atoms with van der Waals surface area (Å²) in [5.74, 6) is -0.767. The van der Waals surface area contributed by atoms with E-state index >= 15 is 0 Å². The summed E-state index contributed by atoms with van der Waals surface area (Å²) in [6.07, 6.45) is 6.63. The van der Waals surface area contributed by atoms with Crippen molar-refractivity contribution in [2.45, 2.75) is 83.8 Å². The van der Waals surface area contributed by atoms with E-state index in [0.29, 0.717) is 55.4 Å². The zero-order valence-electron chi connectivity index (χ0n) is 21.6. The SMILES string of the molecule is CC(C)Oc1cccc(C2CC(=O)Oc3cc4c(c(O)c32)C(=O)O[C@@H](C)CCCC(=O)CCC/C=C/4)c1. The van der Waals surface area contributed by atoms with Crippen molar-refractivity contribution in [3.8, 4) is 17.2 Å². The van der Waals surface area contributed by atoms with Crippen LogP contribution in [0.25, 0.3) is 6.08 Å². The van der Waals surface area contributed by atoms with E-state index in [-0.39, 0.29) is 35.4 Å².